The SMILES string of the molecule is CC(C)(C)[Si](OOCCO)(c1ccccc1)c1ccccc1. The molecule has 0 saturated carbocycles. The monoisotopic (exact) mass is 316 g/mol. The lowest BCUT2D eigenvalue weighted by atomic mass is 10.2. The summed E-state index contributed by atoms with van der Waals surface area (Å²) in [6.07, 6.45) is 0. The van der Waals surface area contributed by atoms with Crippen molar-refractivity contribution in [1.29, 1.82) is 0 Å². The highest BCUT2D eigenvalue weighted by Crippen LogP contribution is 2.36. The van der Waals surface area contributed by atoms with Crippen LogP contribution in [0.4, 0.5) is 0 Å². The van der Waals surface area contributed by atoms with E-state index in [1.54, 1.807) is 0 Å². The Balaban J connectivity index is 2.59. The first-order valence-electron chi connectivity index (χ1n) is 7.55. The molecule has 0 aliphatic rings. The van der Waals surface area contributed by atoms with Crippen molar-refractivity contribution in [3.05, 3.63) is 60.7 Å². The number of hydrogen-bond donors (Lipinski definition) is 1. The Labute approximate surface area is 133 Å². The summed E-state index contributed by atoms with van der Waals surface area (Å²) in [5.74, 6) is 0. The Hall–Kier alpha value is -1.46. The zero-order chi connectivity index (χ0) is 16.1. The lowest BCUT2D eigenvalue weighted by Crippen LogP contribution is -2.66. The molecule has 3 nitrogen and oxygen atoms in total. The highest BCUT2D eigenvalue weighted by Gasteiger charge is 2.52. The van der Waals surface area contributed by atoms with Gasteiger partial charge in [-0.2, -0.15) is 0 Å². The summed E-state index contributed by atoms with van der Waals surface area (Å²) in [7, 11) is -2.62. The highest BCUT2D eigenvalue weighted by molar-refractivity contribution is 6.99. The van der Waals surface area contributed by atoms with Crippen LogP contribution in [0.5, 0.6) is 0 Å². The molecule has 0 aromatic heterocycles. The summed E-state index contributed by atoms with van der Waals surface area (Å²) in [5.41, 5.74) is 0. The predicted octanol–water partition coefficient (Wildman–Crippen LogP) is 2.49. The van der Waals surface area contributed by atoms with Crippen LogP contribution in [0.3, 0.4) is 0 Å². The molecule has 0 aliphatic heterocycles. The zero-order valence-electron chi connectivity index (χ0n) is 13.5. The minimum atomic E-state index is -2.62. The molecule has 4 heteroatoms. The molecule has 0 aliphatic carbocycles. The standard InChI is InChI=1S/C18H24O3Si/c1-18(2,3)22(21-20-15-14-19,16-10-6-4-7-11-16)17-12-8-5-9-13-17/h4-13,19H,14-15H2,1-3H3. The second-order valence-electron chi connectivity index (χ2n) is 6.29. The topological polar surface area (TPSA) is 38.7 Å². The molecule has 2 rings (SSSR count). The number of hydrogen-bond acceptors (Lipinski definition) is 3. The largest absolute Gasteiger partial charge is 0.394 e. The van der Waals surface area contributed by atoms with Gasteiger partial charge in [0.25, 0.3) is 0 Å². The van der Waals surface area contributed by atoms with Crippen molar-refractivity contribution in [3.8, 4) is 0 Å². The number of rotatable bonds is 6. The van der Waals surface area contributed by atoms with E-state index < -0.39 is 8.32 Å². The molecular formula is C18H24O3Si. The van der Waals surface area contributed by atoms with E-state index in [-0.39, 0.29) is 18.3 Å². The highest BCUT2D eigenvalue weighted by atomic mass is 28.4. The van der Waals surface area contributed by atoms with Crippen LogP contribution in [0, 0.1) is 0 Å². The van der Waals surface area contributed by atoms with Gasteiger partial charge in [-0.15, -0.1) is 0 Å². The third-order valence-electron chi connectivity index (χ3n) is 3.78. The van der Waals surface area contributed by atoms with Gasteiger partial charge >= 0.3 is 8.32 Å². The van der Waals surface area contributed by atoms with E-state index >= 15 is 0 Å². The average molecular weight is 316 g/mol. The van der Waals surface area contributed by atoms with Crippen LogP contribution in [0.1, 0.15) is 20.8 Å². The van der Waals surface area contributed by atoms with Crippen molar-refractivity contribution < 1.29 is 14.6 Å². The summed E-state index contributed by atoms with van der Waals surface area (Å²) in [6.45, 7) is 6.66. The third kappa shape index (κ3) is 3.30. The van der Waals surface area contributed by atoms with Crippen LogP contribution >= 0.6 is 0 Å². The Morgan fingerprint density at radius 2 is 1.32 bits per heavy atom. The van der Waals surface area contributed by atoms with Crippen LogP contribution in [0.25, 0.3) is 0 Å². The molecule has 22 heavy (non-hydrogen) atoms. The molecule has 0 atom stereocenters. The van der Waals surface area contributed by atoms with Gasteiger partial charge in [-0.1, -0.05) is 81.4 Å². The molecule has 2 aromatic rings. The fourth-order valence-electron chi connectivity index (χ4n) is 2.77. The number of benzene rings is 2. The van der Waals surface area contributed by atoms with Crippen molar-refractivity contribution in [1.82, 2.24) is 0 Å². The van der Waals surface area contributed by atoms with E-state index in [1.165, 1.54) is 0 Å². The van der Waals surface area contributed by atoms with Crippen molar-refractivity contribution in [2.45, 2.75) is 25.8 Å². The molecule has 0 radical (unpaired) electrons. The fourth-order valence-corrected chi connectivity index (χ4v) is 6.86. The lowest BCUT2D eigenvalue weighted by molar-refractivity contribution is -0.223. The van der Waals surface area contributed by atoms with E-state index in [0.717, 1.165) is 10.4 Å². The van der Waals surface area contributed by atoms with Gasteiger partial charge in [0.2, 0.25) is 0 Å². The maximum Gasteiger partial charge on any atom is 0.305 e. The number of aliphatic hydroxyl groups excluding tert-OH is 1. The molecule has 0 amide bonds. The van der Waals surface area contributed by atoms with Crippen LogP contribution < -0.4 is 10.4 Å². The normalized spacial score (nSPS) is 12.4. The van der Waals surface area contributed by atoms with Gasteiger partial charge in [0.1, 0.15) is 6.61 Å². The first kappa shape index (κ1) is 16.9. The maximum atomic E-state index is 9.02. The Kier molecular flexibility index (Phi) is 5.53. The first-order chi connectivity index (χ1) is 10.5. The number of aliphatic hydroxyl groups is 1. The quantitative estimate of drug-likeness (QED) is 0.385. The second kappa shape index (κ2) is 7.20. The van der Waals surface area contributed by atoms with E-state index in [0.29, 0.717) is 0 Å². The van der Waals surface area contributed by atoms with Crippen molar-refractivity contribution in [3.63, 3.8) is 0 Å². The summed E-state index contributed by atoms with van der Waals surface area (Å²) >= 11 is 0. The van der Waals surface area contributed by atoms with Crippen molar-refractivity contribution >= 4 is 18.7 Å². The molecule has 1 N–H and O–H groups in total. The molecule has 118 valence electrons. The molecule has 0 fully saturated rings. The van der Waals surface area contributed by atoms with Crippen LogP contribution in [-0.4, -0.2) is 26.6 Å². The smallest absolute Gasteiger partial charge is 0.305 e. The van der Waals surface area contributed by atoms with Gasteiger partial charge in [0, 0.05) is 0 Å². The molecule has 0 spiro atoms. The molecule has 0 saturated heterocycles. The molecule has 0 unspecified atom stereocenters. The van der Waals surface area contributed by atoms with Gasteiger partial charge < -0.3 is 5.11 Å². The lowest BCUT2D eigenvalue weighted by Gasteiger charge is -2.41. The Morgan fingerprint density at radius 3 is 1.68 bits per heavy atom. The summed E-state index contributed by atoms with van der Waals surface area (Å²) in [4.78, 5) is 5.40. The third-order valence-corrected chi connectivity index (χ3v) is 8.55. The molecule has 0 bridgehead atoms. The van der Waals surface area contributed by atoms with E-state index in [4.69, 9.17) is 14.6 Å². The van der Waals surface area contributed by atoms with Gasteiger partial charge in [0.15, 0.2) is 0 Å². The van der Waals surface area contributed by atoms with Crippen LogP contribution in [-0.2, 0) is 9.46 Å². The fraction of sp³-hybridized carbons (Fsp3) is 0.333. The van der Waals surface area contributed by atoms with Crippen LogP contribution in [0.15, 0.2) is 60.7 Å². The summed E-state index contributed by atoms with van der Waals surface area (Å²) in [5, 5.41) is 11.2. The second-order valence-corrected chi connectivity index (χ2v) is 10.5. The summed E-state index contributed by atoms with van der Waals surface area (Å²) < 4.78 is 6.09. The van der Waals surface area contributed by atoms with Crippen molar-refractivity contribution in [2.75, 3.05) is 13.2 Å². The van der Waals surface area contributed by atoms with E-state index in [1.807, 2.05) is 36.4 Å². The molecule has 0 heterocycles. The van der Waals surface area contributed by atoms with Gasteiger partial charge in [-0.25, -0.2) is 4.89 Å². The summed E-state index contributed by atoms with van der Waals surface area (Å²) in [6, 6.07) is 20.5. The van der Waals surface area contributed by atoms with E-state index in [9.17, 15) is 0 Å². The zero-order valence-corrected chi connectivity index (χ0v) is 14.5. The van der Waals surface area contributed by atoms with Gasteiger partial charge in [0.05, 0.1) is 6.61 Å². The minimum Gasteiger partial charge on any atom is -0.394 e. The van der Waals surface area contributed by atoms with Crippen LogP contribution in [0.2, 0.25) is 5.04 Å². The average Bonchev–Trinajstić information content (AvgIpc) is 2.52. The Morgan fingerprint density at radius 1 is 0.864 bits per heavy atom. The van der Waals surface area contributed by atoms with Gasteiger partial charge in [-0.05, 0) is 15.4 Å². The minimum absolute atomic E-state index is 0.0573. The molecular weight excluding hydrogens is 292 g/mol. The predicted molar refractivity (Wildman–Crippen MR) is 91.7 cm³/mol. The Bertz CT molecular complexity index is 524. The molecule has 2 aromatic carbocycles. The van der Waals surface area contributed by atoms with Crippen molar-refractivity contribution in [2.24, 2.45) is 0 Å². The van der Waals surface area contributed by atoms with Gasteiger partial charge in [-0.3, -0.25) is 4.58 Å². The van der Waals surface area contributed by atoms with E-state index in [2.05, 4.69) is 45.0 Å². The maximum absolute atomic E-state index is 9.02. The first-order valence-corrected chi connectivity index (χ1v) is 9.46.